The van der Waals surface area contributed by atoms with E-state index in [4.69, 9.17) is 9.47 Å². The minimum absolute atomic E-state index is 0.0466. The van der Waals surface area contributed by atoms with Crippen LogP contribution >= 0.6 is 12.6 Å². The van der Waals surface area contributed by atoms with E-state index in [2.05, 4.69) is 30.2 Å². The van der Waals surface area contributed by atoms with Gasteiger partial charge in [0.05, 0.1) is 7.11 Å². The number of methoxy groups -OCH3 is 1. The van der Waals surface area contributed by atoms with Crippen LogP contribution in [0.4, 0.5) is 10.5 Å². The average molecular weight is 572 g/mol. The standard InChI is InChI=1S/C31H45N3O5S/c1-7-8-9-10-13-20-34(29(36)26(21-40)33-30(37)39-31(3,4)5)27(25-15-12-11-14-22(25)2)28(35)32-23-16-18-24(38-6)19-17-23/h11-12,14-19,26-27,40H,7-10,13,20-21H2,1-6H3,(H,32,35)(H,33,37). The van der Waals surface area contributed by atoms with Crippen LogP contribution in [-0.4, -0.2) is 53.9 Å². The van der Waals surface area contributed by atoms with Crippen LogP contribution in [0.2, 0.25) is 0 Å². The van der Waals surface area contributed by atoms with Gasteiger partial charge in [0.25, 0.3) is 5.91 Å². The second-order valence-electron chi connectivity index (χ2n) is 10.8. The van der Waals surface area contributed by atoms with E-state index >= 15 is 0 Å². The number of carbonyl (C=O) groups is 3. The fraction of sp³-hybridized carbons (Fsp3) is 0.516. The summed E-state index contributed by atoms with van der Waals surface area (Å²) in [5.41, 5.74) is 1.45. The minimum Gasteiger partial charge on any atom is -0.497 e. The van der Waals surface area contributed by atoms with Crippen molar-refractivity contribution in [2.75, 3.05) is 24.7 Å². The van der Waals surface area contributed by atoms with Gasteiger partial charge in [-0.3, -0.25) is 9.59 Å². The summed E-state index contributed by atoms with van der Waals surface area (Å²) in [6, 6.07) is 12.7. The maximum atomic E-state index is 14.1. The monoisotopic (exact) mass is 571 g/mol. The number of hydrogen-bond acceptors (Lipinski definition) is 6. The lowest BCUT2D eigenvalue weighted by atomic mass is 9.97. The number of hydrogen-bond donors (Lipinski definition) is 3. The van der Waals surface area contributed by atoms with Crippen LogP contribution < -0.4 is 15.4 Å². The number of alkyl carbamates (subject to hydrolysis) is 1. The molecule has 2 N–H and O–H groups in total. The molecule has 0 radical (unpaired) electrons. The highest BCUT2D eigenvalue weighted by Crippen LogP contribution is 2.28. The van der Waals surface area contributed by atoms with E-state index in [0.717, 1.165) is 37.7 Å². The lowest BCUT2D eigenvalue weighted by Crippen LogP contribution is -2.53. The maximum absolute atomic E-state index is 14.1. The highest BCUT2D eigenvalue weighted by molar-refractivity contribution is 7.80. The molecule has 0 aliphatic carbocycles. The van der Waals surface area contributed by atoms with Crippen LogP contribution in [0, 0.1) is 6.92 Å². The van der Waals surface area contributed by atoms with E-state index in [1.807, 2.05) is 31.2 Å². The Bertz CT molecular complexity index is 1100. The van der Waals surface area contributed by atoms with Crippen molar-refractivity contribution in [2.24, 2.45) is 0 Å². The van der Waals surface area contributed by atoms with Crippen molar-refractivity contribution in [3.63, 3.8) is 0 Å². The second kappa shape index (κ2) is 16.2. The van der Waals surface area contributed by atoms with Crippen molar-refractivity contribution in [3.8, 4) is 5.75 Å². The smallest absolute Gasteiger partial charge is 0.408 e. The van der Waals surface area contributed by atoms with Gasteiger partial charge in [0, 0.05) is 18.0 Å². The molecule has 9 heteroatoms. The molecule has 40 heavy (non-hydrogen) atoms. The maximum Gasteiger partial charge on any atom is 0.408 e. The van der Waals surface area contributed by atoms with Gasteiger partial charge in [0.2, 0.25) is 5.91 Å². The first-order valence-electron chi connectivity index (χ1n) is 13.9. The van der Waals surface area contributed by atoms with Crippen molar-refractivity contribution < 1.29 is 23.9 Å². The summed E-state index contributed by atoms with van der Waals surface area (Å²) < 4.78 is 10.6. The lowest BCUT2D eigenvalue weighted by Gasteiger charge is -2.35. The zero-order valence-corrected chi connectivity index (χ0v) is 25.6. The molecule has 0 bridgehead atoms. The summed E-state index contributed by atoms with van der Waals surface area (Å²) in [7, 11) is 1.58. The van der Waals surface area contributed by atoms with Crippen molar-refractivity contribution >= 4 is 36.2 Å². The van der Waals surface area contributed by atoms with E-state index in [0.29, 0.717) is 23.5 Å². The Kier molecular flexibility index (Phi) is 13.3. The van der Waals surface area contributed by atoms with Gasteiger partial charge < -0.3 is 25.0 Å². The molecule has 0 aliphatic rings. The zero-order chi connectivity index (χ0) is 29.7. The number of rotatable bonds is 14. The van der Waals surface area contributed by atoms with E-state index in [-0.39, 0.29) is 11.7 Å². The Morgan fingerprint density at radius 3 is 2.20 bits per heavy atom. The molecule has 0 aliphatic heterocycles. The molecule has 3 amide bonds. The van der Waals surface area contributed by atoms with Crippen LogP contribution in [0.3, 0.4) is 0 Å². The van der Waals surface area contributed by atoms with Crippen LogP contribution in [0.5, 0.6) is 5.75 Å². The molecule has 0 aromatic heterocycles. The molecule has 2 rings (SSSR count). The summed E-state index contributed by atoms with van der Waals surface area (Å²) in [6.45, 7) is 9.67. The van der Waals surface area contributed by atoms with Gasteiger partial charge in [0.15, 0.2) is 0 Å². The number of nitrogens with one attached hydrogen (secondary N) is 2. The number of benzene rings is 2. The molecule has 2 atom stereocenters. The lowest BCUT2D eigenvalue weighted by molar-refractivity contribution is -0.140. The number of thiol groups is 1. The number of anilines is 1. The number of carbonyl (C=O) groups excluding carboxylic acids is 3. The molecule has 220 valence electrons. The third-order valence-electron chi connectivity index (χ3n) is 6.36. The molecule has 2 aromatic carbocycles. The van der Waals surface area contributed by atoms with Crippen molar-refractivity contribution in [3.05, 3.63) is 59.7 Å². The average Bonchev–Trinajstić information content (AvgIpc) is 2.90. The number of amides is 3. The van der Waals surface area contributed by atoms with Gasteiger partial charge in [-0.2, -0.15) is 12.6 Å². The van der Waals surface area contributed by atoms with E-state index in [1.165, 1.54) is 0 Å². The van der Waals surface area contributed by atoms with E-state index in [9.17, 15) is 14.4 Å². The predicted molar refractivity (Wildman–Crippen MR) is 163 cm³/mol. The summed E-state index contributed by atoms with van der Waals surface area (Å²) >= 11 is 4.37. The van der Waals surface area contributed by atoms with Gasteiger partial charge in [-0.1, -0.05) is 56.9 Å². The van der Waals surface area contributed by atoms with Crippen molar-refractivity contribution in [1.29, 1.82) is 0 Å². The number of nitrogens with zero attached hydrogens (tertiary/aromatic N) is 1. The molecule has 0 saturated heterocycles. The molecule has 0 fully saturated rings. The molecular weight excluding hydrogens is 526 g/mol. The quantitative estimate of drug-likeness (QED) is 0.183. The number of aryl methyl sites for hydroxylation is 1. The predicted octanol–water partition coefficient (Wildman–Crippen LogP) is 6.31. The van der Waals surface area contributed by atoms with E-state index < -0.39 is 29.7 Å². The first-order chi connectivity index (χ1) is 19.0. The topological polar surface area (TPSA) is 97.0 Å². The number of ether oxygens (including phenoxy) is 2. The second-order valence-corrected chi connectivity index (χ2v) is 11.2. The fourth-order valence-corrected chi connectivity index (χ4v) is 4.56. The summed E-state index contributed by atoms with van der Waals surface area (Å²) in [4.78, 5) is 42.2. The fourth-order valence-electron chi connectivity index (χ4n) is 4.32. The highest BCUT2D eigenvalue weighted by Gasteiger charge is 2.36. The summed E-state index contributed by atoms with van der Waals surface area (Å²) in [5.74, 6) is -0.0291. The first-order valence-corrected chi connectivity index (χ1v) is 14.5. The van der Waals surface area contributed by atoms with Crippen LogP contribution in [0.1, 0.15) is 77.0 Å². The Morgan fingerprint density at radius 1 is 0.975 bits per heavy atom. The summed E-state index contributed by atoms with van der Waals surface area (Å²) in [5, 5.41) is 5.64. The molecule has 8 nitrogen and oxygen atoms in total. The van der Waals surface area contributed by atoms with Crippen LogP contribution in [-0.2, 0) is 14.3 Å². The molecular formula is C31H45N3O5S. The van der Waals surface area contributed by atoms with E-state index in [1.54, 1.807) is 57.0 Å². The van der Waals surface area contributed by atoms with Gasteiger partial charge >= 0.3 is 6.09 Å². The third-order valence-corrected chi connectivity index (χ3v) is 6.72. The Labute approximate surface area is 244 Å². The summed E-state index contributed by atoms with van der Waals surface area (Å²) in [6.07, 6.45) is 4.17. The highest BCUT2D eigenvalue weighted by atomic mass is 32.1. The van der Waals surface area contributed by atoms with Crippen LogP contribution in [0.15, 0.2) is 48.5 Å². The van der Waals surface area contributed by atoms with Gasteiger partial charge in [-0.15, -0.1) is 0 Å². The van der Waals surface area contributed by atoms with Crippen molar-refractivity contribution in [2.45, 2.75) is 84.4 Å². The molecule has 0 spiro atoms. The molecule has 0 saturated carbocycles. The SMILES string of the molecule is CCCCCCCN(C(=O)C(CS)NC(=O)OC(C)(C)C)C(C(=O)Nc1ccc(OC)cc1)c1ccccc1C. The van der Waals surface area contributed by atoms with Crippen molar-refractivity contribution in [1.82, 2.24) is 10.2 Å². The Balaban J connectivity index is 2.46. The Hall–Kier alpha value is -3.20. The zero-order valence-electron chi connectivity index (χ0n) is 24.7. The van der Waals surface area contributed by atoms with Crippen LogP contribution in [0.25, 0.3) is 0 Å². The van der Waals surface area contributed by atoms with Gasteiger partial charge in [-0.05, 0) is 69.5 Å². The van der Waals surface area contributed by atoms with Gasteiger partial charge in [0.1, 0.15) is 23.4 Å². The normalized spacial score (nSPS) is 12.7. The largest absolute Gasteiger partial charge is 0.497 e. The number of unbranched alkanes of at least 4 members (excludes halogenated alkanes) is 4. The molecule has 2 aromatic rings. The Morgan fingerprint density at radius 2 is 1.62 bits per heavy atom. The van der Waals surface area contributed by atoms with Gasteiger partial charge in [-0.25, -0.2) is 4.79 Å². The third kappa shape index (κ3) is 10.4. The molecule has 0 heterocycles. The molecule has 2 unspecified atom stereocenters. The first kappa shape index (κ1) is 33.0. The minimum atomic E-state index is -0.978.